The Balaban J connectivity index is 1.32. The molecule has 8 nitrogen and oxygen atoms in total. The van der Waals surface area contributed by atoms with Gasteiger partial charge in [0.05, 0.1) is 39.6 Å². The van der Waals surface area contributed by atoms with E-state index in [9.17, 15) is 9.90 Å². The highest BCUT2D eigenvalue weighted by Crippen LogP contribution is 2.31. The van der Waals surface area contributed by atoms with Crippen LogP contribution in [0, 0.1) is 0 Å². The van der Waals surface area contributed by atoms with Gasteiger partial charge in [0.2, 0.25) is 0 Å². The summed E-state index contributed by atoms with van der Waals surface area (Å²) >= 11 is 0. The van der Waals surface area contributed by atoms with Crippen LogP contribution in [0.25, 0.3) is 0 Å². The lowest BCUT2D eigenvalue weighted by Gasteiger charge is -2.34. The van der Waals surface area contributed by atoms with Crippen molar-refractivity contribution in [3.05, 3.63) is 59.7 Å². The number of hydrogen-bond acceptors (Lipinski definition) is 8. The Morgan fingerprint density at radius 2 is 1.39 bits per heavy atom. The number of benzene rings is 2. The molecule has 2 aliphatic rings. The van der Waals surface area contributed by atoms with Crippen LogP contribution < -0.4 is 9.47 Å². The Morgan fingerprint density at radius 1 is 0.879 bits per heavy atom. The van der Waals surface area contributed by atoms with Crippen molar-refractivity contribution in [3.8, 4) is 11.5 Å². The van der Waals surface area contributed by atoms with Crippen LogP contribution in [-0.2, 0) is 23.7 Å². The molecule has 8 heteroatoms. The SMILES string of the molecule is COc1ccc([C@@H]2OCC[C@H]([C@H](O)CC(=O)[C@@H]3CCO[C@H](c4ccc(OC)cc4)O3)O2)cc1. The largest absolute Gasteiger partial charge is 0.497 e. The second kappa shape index (κ2) is 11.1. The highest BCUT2D eigenvalue weighted by molar-refractivity contribution is 5.83. The number of ketones is 1. The van der Waals surface area contributed by atoms with Crippen LogP contribution in [0.5, 0.6) is 11.5 Å². The van der Waals surface area contributed by atoms with Gasteiger partial charge in [0.15, 0.2) is 18.4 Å². The summed E-state index contributed by atoms with van der Waals surface area (Å²) in [5.74, 6) is 1.30. The van der Waals surface area contributed by atoms with Crippen molar-refractivity contribution in [2.24, 2.45) is 0 Å². The van der Waals surface area contributed by atoms with Crippen molar-refractivity contribution in [1.29, 1.82) is 0 Å². The molecule has 1 N–H and O–H groups in total. The molecule has 2 aromatic rings. The van der Waals surface area contributed by atoms with Gasteiger partial charge in [-0.1, -0.05) is 24.3 Å². The molecule has 2 aromatic carbocycles. The maximum absolute atomic E-state index is 12.9. The molecule has 0 unspecified atom stereocenters. The topological polar surface area (TPSA) is 92.7 Å². The monoisotopic (exact) mass is 458 g/mol. The van der Waals surface area contributed by atoms with Crippen molar-refractivity contribution in [2.45, 2.75) is 50.2 Å². The first-order chi connectivity index (χ1) is 16.1. The predicted molar refractivity (Wildman–Crippen MR) is 118 cm³/mol. The molecule has 0 radical (unpaired) electrons. The average molecular weight is 459 g/mol. The quantitative estimate of drug-likeness (QED) is 0.644. The van der Waals surface area contributed by atoms with E-state index in [1.54, 1.807) is 14.2 Å². The summed E-state index contributed by atoms with van der Waals surface area (Å²) in [6.07, 6.45) is -2.43. The Labute approximate surface area is 193 Å². The predicted octanol–water partition coefficient (Wildman–Crippen LogP) is 3.33. The normalized spacial score (nSPS) is 26.4. The first-order valence-electron chi connectivity index (χ1n) is 11.1. The van der Waals surface area contributed by atoms with Crippen molar-refractivity contribution in [2.75, 3.05) is 27.4 Å². The number of aliphatic hydroxyl groups excluding tert-OH is 1. The van der Waals surface area contributed by atoms with Gasteiger partial charge in [-0.05, 0) is 30.7 Å². The van der Waals surface area contributed by atoms with Crippen LogP contribution in [0.2, 0.25) is 0 Å². The third-order valence-electron chi connectivity index (χ3n) is 5.88. The van der Waals surface area contributed by atoms with E-state index in [-0.39, 0.29) is 12.2 Å². The summed E-state index contributed by atoms with van der Waals surface area (Å²) in [5.41, 5.74) is 1.64. The summed E-state index contributed by atoms with van der Waals surface area (Å²) in [5, 5.41) is 10.7. The molecule has 2 saturated heterocycles. The van der Waals surface area contributed by atoms with Gasteiger partial charge in [-0.3, -0.25) is 4.79 Å². The van der Waals surface area contributed by atoms with Crippen molar-refractivity contribution >= 4 is 5.78 Å². The molecule has 0 saturated carbocycles. The fourth-order valence-corrected chi connectivity index (χ4v) is 3.96. The number of carbonyl (C=O) groups excluding carboxylic acids is 1. The zero-order valence-corrected chi connectivity index (χ0v) is 18.8. The van der Waals surface area contributed by atoms with E-state index < -0.39 is 30.9 Å². The highest BCUT2D eigenvalue weighted by Gasteiger charge is 2.35. The van der Waals surface area contributed by atoms with E-state index in [0.717, 1.165) is 22.6 Å². The lowest BCUT2D eigenvalue weighted by molar-refractivity contribution is -0.239. The van der Waals surface area contributed by atoms with Gasteiger partial charge in [-0.15, -0.1) is 0 Å². The molecular weight excluding hydrogens is 428 g/mol. The molecule has 0 aromatic heterocycles. The molecule has 5 atom stereocenters. The van der Waals surface area contributed by atoms with Crippen LogP contribution >= 0.6 is 0 Å². The molecule has 0 amide bonds. The first-order valence-corrected chi connectivity index (χ1v) is 11.1. The second-order valence-electron chi connectivity index (χ2n) is 8.07. The maximum atomic E-state index is 12.9. The number of rotatable bonds is 8. The lowest BCUT2D eigenvalue weighted by atomic mass is 9.99. The summed E-state index contributed by atoms with van der Waals surface area (Å²) < 4.78 is 33.6. The fraction of sp³-hybridized carbons (Fsp3) is 0.480. The number of ether oxygens (including phenoxy) is 6. The molecule has 2 aliphatic heterocycles. The number of hydrogen-bond donors (Lipinski definition) is 1. The van der Waals surface area contributed by atoms with Crippen LogP contribution in [0.4, 0.5) is 0 Å². The van der Waals surface area contributed by atoms with Gasteiger partial charge < -0.3 is 33.5 Å². The van der Waals surface area contributed by atoms with Gasteiger partial charge in [-0.2, -0.15) is 0 Å². The molecule has 0 spiro atoms. The van der Waals surface area contributed by atoms with Crippen LogP contribution in [0.15, 0.2) is 48.5 Å². The molecule has 178 valence electrons. The minimum atomic E-state index is -0.951. The van der Waals surface area contributed by atoms with Gasteiger partial charge in [-0.25, -0.2) is 0 Å². The number of methoxy groups -OCH3 is 2. The molecular formula is C25H30O8. The maximum Gasteiger partial charge on any atom is 0.184 e. The van der Waals surface area contributed by atoms with E-state index in [1.165, 1.54) is 0 Å². The lowest BCUT2D eigenvalue weighted by Crippen LogP contribution is -2.41. The molecule has 2 heterocycles. The smallest absolute Gasteiger partial charge is 0.184 e. The fourth-order valence-electron chi connectivity index (χ4n) is 3.96. The number of carbonyl (C=O) groups is 1. The first kappa shape index (κ1) is 23.7. The van der Waals surface area contributed by atoms with Gasteiger partial charge in [0, 0.05) is 24.0 Å². The van der Waals surface area contributed by atoms with E-state index in [1.807, 2.05) is 48.5 Å². The third kappa shape index (κ3) is 5.90. The van der Waals surface area contributed by atoms with Crippen molar-refractivity contribution in [3.63, 3.8) is 0 Å². The van der Waals surface area contributed by atoms with Crippen molar-refractivity contribution in [1.82, 2.24) is 0 Å². The third-order valence-corrected chi connectivity index (χ3v) is 5.88. The van der Waals surface area contributed by atoms with E-state index in [2.05, 4.69) is 0 Å². The molecule has 0 aliphatic carbocycles. The summed E-state index contributed by atoms with van der Waals surface area (Å²) in [6, 6.07) is 14.7. The Morgan fingerprint density at radius 3 is 1.94 bits per heavy atom. The second-order valence-corrected chi connectivity index (χ2v) is 8.07. The highest BCUT2D eigenvalue weighted by atomic mass is 16.7. The van der Waals surface area contributed by atoms with E-state index in [4.69, 9.17) is 28.4 Å². The van der Waals surface area contributed by atoms with Crippen molar-refractivity contribution < 1.29 is 38.3 Å². The number of Topliss-reactive ketones (excluding diaryl/α,β-unsaturated/α-hetero) is 1. The zero-order valence-electron chi connectivity index (χ0n) is 18.8. The molecule has 33 heavy (non-hydrogen) atoms. The standard InChI is InChI=1S/C25H30O8/c1-28-18-7-3-16(4-8-18)24-30-13-11-22(32-24)20(26)15-21(27)23-12-14-31-25(33-23)17-5-9-19(29-2)10-6-17/h3-10,20,22-26H,11-15H2,1-2H3/t20-,22-,23+,24-,25+/m1/s1. The van der Waals surface area contributed by atoms with Crippen LogP contribution in [-0.4, -0.2) is 56.6 Å². The molecule has 4 rings (SSSR count). The van der Waals surface area contributed by atoms with Crippen LogP contribution in [0.3, 0.4) is 0 Å². The molecule has 0 bridgehead atoms. The van der Waals surface area contributed by atoms with Gasteiger partial charge in [0.1, 0.15) is 17.6 Å². The van der Waals surface area contributed by atoms with Gasteiger partial charge in [0.25, 0.3) is 0 Å². The minimum Gasteiger partial charge on any atom is -0.497 e. The van der Waals surface area contributed by atoms with Gasteiger partial charge >= 0.3 is 0 Å². The Bertz CT molecular complexity index is 898. The van der Waals surface area contributed by atoms with E-state index in [0.29, 0.717) is 26.1 Å². The average Bonchev–Trinajstić information content (AvgIpc) is 2.89. The Hall–Kier alpha value is -2.49. The minimum absolute atomic E-state index is 0.0556. The summed E-state index contributed by atoms with van der Waals surface area (Å²) in [7, 11) is 3.21. The number of aliphatic hydroxyl groups is 1. The summed E-state index contributed by atoms with van der Waals surface area (Å²) in [4.78, 5) is 12.9. The van der Waals surface area contributed by atoms with Crippen LogP contribution in [0.1, 0.15) is 43.0 Å². The Kier molecular flexibility index (Phi) is 7.95. The summed E-state index contributed by atoms with van der Waals surface area (Å²) in [6.45, 7) is 0.830. The zero-order chi connectivity index (χ0) is 23.2. The molecule has 2 fully saturated rings. The van der Waals surface area contributed by atoms with E-state index >= 15 is 0 Å².